The molecule has 0 unspecified atom stereocenters. The summed E-state index contributed by atoms with van der Waals surface area (Å²) in [6.07, 6.45) is 0. The minimum Gasteiger partial charge on any atom is -0.341 e. The van der Waals surface area contributed by atoms with Crippen LogP contribution in [-0.4, -0.2) is 22.8 Å². The Hall–Kier alpha value is -2.93. The molecule has 0 aliphatic rings. The molecule has 2 N–H and O–H groups in total. The third-order valence-corrected chi connectivity index (χ3v) is 3.51. The summed E-state index contributed by atoms with van der Waals surface area (Å²) in [6.45, 7) is 1.51. The van der Waals surface area contributed by atoms with Gasteiger partial charge < -0.3 is 10.6 Å². The quantitative estimate of drug-likeness (QED) is 0.641. The summed E-state index contributed by atoms with van der Waals surface area (Å²) in [5, 5.41) is 15.9. The fourth-order valence-corrected chi connectivity index (χ4v) is 2.10. The predicted octanol–water partition coefficient (Wildman–Crippen LogP) is 3.01. The van der Waals surface area contributed by atoms with Crippen LogP contribution in [0.2, 0.25) is 5.02 Å². The van der Waals surface area contributed by atoms with Crippen LogP contribution in [0.25, 0.3) is 0 Å². The lowest BCUT2D eigenvalue weighted by Gasteiger charge is -2.14. The maximum atomic E-state index is 12.1. The molecule has 24 heavy (non-hydrogen) atoms. The Morgan fingerprint density at radius 2 is 1.83 bits per heavy atom. The summed E-state index contributed by atoms with van der Waals surface area (Å²) >= 11 is 5.70. The molecule has 0 radical (unpaired) electrons. The smallest absolute Gasteiger partial charge is 0.288 e. The Labute approximate surface area is 142 Å². The molecule has 1 atom stereocenters. The number of carbonyl (C=O) groups excluding carboxylic acids is 2. The maximum Gasteiger partial charge on any atom is 0.288 e. The molecular formula is C16H14ClN3O4. The fraction of sp³-hybridized carbons (Fsp3) is 0.125. The van der Waals surface area contributed by atoms with Crippen molar-refractivity contribution in [2.45, 2.75) is 13.0 Å². The first kappa shape index (κ1) is 17.4. The molecule has 0 aliphatic carbocycles. The molecule has 2 aromatic rings. The lowest BCUT2D eigenvalue weighted by atomic mass is 10.1. The number of halogens is 1. The Morgan fingerprint density at radius 1 is 1.17 bits per heavy atom. The van der Waals surface area contributed by atoms with E-state index in [1.54, 1.807) is 24.3 Å². The number of para-hydroxylation sites is 1. The number of anilines is 1. The van der Waals surface area contributed by atoms with E-state index >= 15 is 0 Å². The van der Waals surface area contributed by atoms with Gasteiger partial charge in [-0.05, 0) is 31.2 Å². The molecule has 0 bridgehead atoms. The molecule has 2 rings (SSSR count). The summed E-state index contributed by atoms with van der Waals surface area (Å²) in [4.78, 5) is 34.4. The summed E-state index contributed by atoms with van der Waals surface area (Å²) in [5.41, 5.74) is 0.280. The van der Waals surface area contributed by atoms with E-state index in [1.807, 2.05) is 6.07 Å². The normalized spacial score (nSPS) is 11.4. The highest BCUT2D eigenvalue weighted by atomic mass is 35.5. The van der Waals surface area contributed by atoms with Crippen LogP contribution in [0.15, 0.2) is 48.5 Å². The Morgan fingerprint density at radius 3 is 2.46 bits per heavy atom. The SMILES string of the molecule is C[C@H](NC(=O)c1ccc(Cl)c([N+](=O)[O-])c1)C(=O)Nc1ccccc1. The van der Waals surface area contributed by atoms with Crippen molar-refractivity contribution in [1.82, 2.24) is 5.32 Å². The molecule has 8 heteroatoms. The molecule has 0 aliphatic heterocycles. The number of benzene rings is 2. The van der Waals surface area contributed by atoms with Crippen LogP contribution in [0.1, 0.15) is 17.3 Å². The lowest BCUT2D eigenvalue weighted by molar-refractivity contribution is -0.384. The van der Waals surface area contributed by atoms with Gasteiger partial charge in [0.1, 0.15) is 11.1 Å². The van der Waals surface area contributed by atoms with Gasteiger partial charge in [-0.3, -0.25) is 19.7 Å². The number of hydrogen-bond acceptors (Lipinski definition) is 4. The Kier molecular flexibility index (Phi) is 5.49. The number of nitro groups is 1. The first-order valence-electron chi connectivity index (χ1n) is 6.99. The van der Waals surface area contributed by atoms with Gasteiger partial charge in [0, 0.05) is 17.3 Å². The lowest BCUT2D eigenvalue weighted by Crippen LogP contribution is -2.41. The van der Waals surface area contributed by atoms with Gasteiger partial charge in [0.25, 0.3) is 11.6 Å². The molecule has 0 aromatic heterocycles. The topological polar surface area (TPSA) is 101 Å². The van der Waals surface area contributed by atoms with Crippen LogP contribution in [-0.2, 0) is 4.79 Å². The van der Waals surface area contributed by atoms with E-state index in [4.69, 9.17) is 11.6 Å². The van der Waals surface area contributed by atoms with E-state index in [9.17, 15) is 19.7 Å². The fourth-order valence-electron chi connectivity index (χ4n) is 1.91. The number of nitro benzene ring substituents is 1. The third-order valence-electron chi connectivity index (χ3n) is 3.19. The monoisotopic (exact) mass is 347 g/mol. The zero-order valence-corrected chi connectivity index (χ0v) is 13.4. The summed E-state index contributed by atoms with van der Waals surface area (Å²) < 4.78 is 0. The molecule has 2 amide bonds. The van der Waals surface area contributed by atoms with Gasteiger partial charge >= 0.3 is 0 Å². The average Bonchev–Trinajstić information content (AvgIpc) is 2.55. The van der Waals surface area contributed by atoms with Gasteiger partial charge in [0.15, 0.2) is 0 Å². The average molecular weight is 348 g/mol. The molecule has 0 saturated carbocycles. The second-order valence-corrected chi connectivity index (χ2v) is 5.38. The first-order valence-corrected chi connectivity index (χ1v) is 7.37. The predicted molar refractivity (Wildman–Crippen MR) is 90.1 cm³/mol. The molecule has 0 spiro atoms. The van der Waals surface area contributed by atoms with Gasteiger partial charge in [-0.1, -0.05) is 29.8 Å². The van der Waals surface area contributed by atoms with Crippen molar-refractivity contribution >= 4 is 34.8 Å². The minimum absolute atomic E-state index is 0.0467. The van der Waals surface area contributed by atoms with Crippen molar-refractivity contribution in [2.24, 2.45) is 0 Å². The number of hydrogen-bond donors (Lipinski definition) is 2. The van der Waals surface area contributed by atoms with Crippen molar-refractivity contribution in [2.75, 3.05) is 5.32 Å². The Balaban J connectivity index is 2.04. The van der Waals surface area contributed by atoms with E-state index in [1.165, 1.54) is 19.1 Å². The number of carbonyl (C=O) groups is 2. The van der Waals surface area contributed by atoms with Gasteiger partial charge in [0.2, 0.25) is 5.91 Å². The molecular weight excluding hydrogens is 334 g/mol. The van der Waals surface area contributed by atoms with E-state index in [-0.39, 0.29) is 16.3 Å². The van der Waals surface area contributed by atoms with E-state index in [0.717, 1.165) is 6.07 Å². The third kappa shape index (κ3) is 4.30. The van der Waals surface area contributed by atoms with Gasteiger partial charge in [0.05, 0.1) is 4.92 Å². The molecule has 2 aromatic carbocycles. The van der Waals surface area contributed by atoms with Crippen LogP contribution < -0.4 is 10.6 Å². The largest absolute Gasteiger partial charge is 0.341 e. The molecule has 0 saturated heterocycles. The molecule has 0 heterocycles. The zero-order valence-electron chi connectivity index (χ0n) is 12.7. The van der Waals surface area contributed by atoms with E-state index in [2.05, 4.69) is 10.6 Å². The van der Waals surface area contributed by atoms with Gasteiger partial charge in [-0.2, -0.15) is 0 Å². The van der Waals surface area contributed by atoms with Crippen LogP contribution in [0.3, 0.4) is 0 Å². The minimum atomic E-state index is -0.826. The zero-order chi connectivity index (χ0) is 17.7. The maximum absolute atomic E-state index is 12.1. The molecule has 124 valence electrons. The van der Waals surface area contributed by atoms with Crippen LogP contribution >= 0.6 is 11.6 Å². The second kappa shape index (κ2) is 7.56. The van der Waals surface area contributed by atoms with E-state index in [0.29, 0.717) is 5.69 Å². The highest BCUT2D eigenvalue weighted by Crippen LogP contribution is 2.25. The van der Waals surface area contributed by atoms with Crippen LogP contribution in [0.5, 0.6) is 0 Å². The Bertz CT molecular complexity index is 780. The summed E-state index contributed by atoms with van der Waals surface area (Å²) in [6, 6.07) is 11.7. The van der Waals surface area contributed by atoms with Crippen LogP contribution in [0.4, 0.5) is 11.4 Å². The number of nitrogens with one attached hydrogen (secondary N) is 2. The van der Waals surface area contributed by atoms with Gasteiger partial charge in [-0.15, -0.1) is 0 Å². The summed E-state index contributed by atoms with van der Waals surface area (Å²) in [5.74, 6) is -1.01. The van der Waals surface area contributed by atoms with Crippen LogP contribution in [0, 0.1) is 10.1 Å². The van der Waals surface area contributed by atoms with Crippen molar-refractivity contribution < 1.29 is 14.5 Å². The number of amides is 2. The highest BCUT2D eigenvalue weighted by molar-refractivity contribution is 6.32. The first-order chi connectivity index (χ1) is 11.4. The summed E-state index contributed by atoms with van der Waals surface area (Å²) in [7, 11) is 0. The number of rotatable bonds is 5. The van der Waals surface area contributed by atoms with Crippen molar-refractivity contribution in [3.8, 4) is 0 Å². The highest BCUT2D eigenvalue weighted by Gasteiger charge is 2.20. The van der Waals surface area contributed by atoms with E-state index < -0.39 is 22.8 Å². The van der Waals surface area contributed by atoms with Crippen molar-refractivity contribution in [1.29, 1.82) is 0 Å². The van der Waals surface area contributed by atoms with Gasteiger partial charge in [-0.25, -0.2) is 0 Å². The van der Waals surface area contributed by atoms with Crippen molar-refractivity contribution in [3.63, 3.8) is 0 Å². The molecule has 0 fully saturated rings. The second-order valence-electron chi connectivity index (χ2n) is 4.97. The standard InChI is InChI=1S/C16H14ClN3O4/c1-10(15(21)19-12-5-3-2-4-6-12)18-16(22)11-7-8-13(17)14(9-11)20(23)24/h2-10H,1H3,(H,18,22)(H,19,21)/t10-/m0/s1. The number of nitrogens with zero attached hydrogens (tertiary/aromatic N) is 1. The molecule has 7 nitrogen and oxygen atoms in total. The van der Waals surface area contributed by atoms with Crippen molar-refractivity contribution in [3.05, 3.63) is 69.2 Å².